The van der Waals surface area contributed by atoms with E-state index in [1.807, 2.05) is 6.92 Å². The molecule has 104 valence electrons. The van der Waals surface area contributed by atoms with Gasteiger partial charge in [0.1, 0.15) is 25.2 Å². The summed E-state index contributed by atoms with van der Waals surface area (Å²) in [7, 11) is 0. The molecule has 19 heavy (non-hydrogen) atoms. The molecule has 2 N–H and O–H groups in total. The van der Waals surface area contributed by atoms with Crippen LogP contribution in [-0.4, -0.2) is 51.8 Å². The van der Waals surface area contributed by atoms with Gasteiger partial charge >= 0.3 is 11.9 Å². The van der Waals surface area contributed by atoms with Gasteiger partial charge in [0.15, 0.2) is 0 Å². The first kappa shape index (κ1) is 14.7. The summed E-state index contributed by atoms with van der Waals surface area (Å²) in [5, 5.41) is 17.5. The minimum atomic E-state index is -1.14. The summed E-state index contributed by atoms with van der Waals surface area (Å²) in [5.74, 6) is -1.80. The van der Waals surface area contributed by atoms with Crippen molar-refractivity contribution in [3.05, 3.63) is 12.4 Å². The fourth-order valence-electron chi connectivity index (χ4n) is 1.33. The summed E-state index contributed by atoms with van der Waals surface area (Å²) >= 11 is 0. The van der Waals surface area contributed by atoms with Gasteiger partial charge in [0.25, 0.3) is 0 Å². The van der Waals surface area contributed by atoms with E-state index < -0.39 is 25.0 Å². The number of hydrogen-bond acceptors (Lipinski definition) is 6. The van der Waals surface area contributed by atoms with E-state index in [9.17, 15) is 9.59 Å². The average Bonchev–Trinajstić information content (AvgIpc) is 2.35. The lowest BCUT2D eigenvalue weighted by Crippen LogP contribution is -2.35. The van der Waals surface area contributed by atoms with Crippen molar-refractivity contribution in [1.82, 2.24) is 9.97 Å². The number of carboxylic acids is 2. The Balaban J connectivity index is 2.87. The van der Waals surface area contributed by atoms with E-state index in [0.717, 1.165) is 11.3 Å². The second-order valence-corrected chi connectivity index (χ2v) is 3.71. The Morgan fingerprint density at radius 2 is 1.89 bits per heavy atom. The summed E-state index contributed by atoms with van der Waals surface area (Å²) < 4.78 is 5.28. The third-order valence-corrected chi connectivity index (χ3v) is 2.06. The number of hydrogen-bond donors (Lipinski definition) is 2. The topological polar surface area (TPSA) is 113 Å². The third-order valence-electron chi connectivity index (χ3n) is 2.06. The fraction of sp³-hybridized carbons (Fsp3) is 0.455. The Hall–Kier alpha value is -2.38. The lowest BCUT2D eigenvalue weighted by molar-refractivity contribution is -0.136. The molecule has 1 aromatic rings. The normalized spacial score (nSPS) is 9.95. The number of rotatable bonds is 8. The lowest BCUT2D eigenvalue weighted by Gasteiger charge is -2.19. The van der Waals surface area contributed by atoms with Crippen molar-refractivity contribution in [2.45, 2.75) is 13.3 Å². The van der Waals surface area contributed by atoms with Gasteiger partial charge < -0.3 is 19.8 Å². The zero-order chi connectivity index (χ0) is 14.3. The largest absolute Gasteiger partial charge is 0.480 e. The van der Waals surface area contributed by atoms with Crippen LogP contribution >= 0.6 is 0 Å². The second-order valence-electron chi connectivity index (χ2n) is 3.71. The van der Waals surface area contributed by atoms with Gasteiger partial charge in [-0.1, -0.05) is 6.92 Å². The zero-order valence-electron chi connectivity index (χ0n) is 10.4. The second kappa shape index (κ2) is 7.14. The van der Waals surface area contributed by atoms with Crippen LogP contribution in [0.4, 0.5) is 5.82 Å². The number of aromatic nitrogens is 2. The Bertz CT molecular complexity index is 436. The zero-order valence-corrected chi connectivity index (χ0v) is 10.4. The molecule has 0 aliphatic rings. The molecule has 0 atom stereocenters. The van der Waals surface area contributed by atoms with Crippen molar-refractivity contribution in [1.29, 1.82) is 0 Å². The molecule has 0 spiro atoms. The van der Waals surface area contributed by atoms with E-state index in [1.54, 1.807) is 0 Å². The van der Waals surface area contributed by atoms with E-state index in [-0.39, 0.29) is 11.7 Å². The molecule has 1 heterocycles. The Morgan fingerprint density at radius 3 is 2.42 bits per heavy atom. The first-order chi connectivity index (χ1) is 9.02. The maximum atomic E-state index is 10.7. The van der Waals surface area contributed by atoms with Gasteiger partial charge in [-0.15, -0.1) is 0 Å². The van der Waals surface area contributed by atoms with Crippen LogP contribution in [0.2, 0.25) is 0 Å². The molecule has 0 fully saturated rings. The fourth-order valence-corrected chi connectivity index (χ4v) is 1.33. The number of nitrogens with zero attached hydrogens (tertiary/aromatic N) is 3. The molecular weight excluding hydrogens is 254 g/mol. The number of carboxylic acid groups (broad SMARTS) is 2. The smallest absolute Gasteiger partial charge is 0.323 e. The highest BCUT2D eigenvalue weighted by atomic mass is 16.5. The highest BCUT2D eigenvalue weighted by molar-refractivity contribution is 5.78. The van der Waals surface area contributed by atoms with Crippen molar-refractivity contribution < 1.29 is 24.5 Å². The van der Waals surface area contributed by atoms with Crippen molar-refractivity contribution in [2.75, 3.05) is 24.6 Å². The third kappa shape index (κ3) is 5.19. The van der Waals surface area contributed by atoms with E-state index >= 15 is 0 Å². The molecule has 0 aliphatic heterocycles. The first-order valence-electron chi connectivity index (χ1n) is 5.66. The van der Waals surface area contributed by atoms with E-state index in [4.69, 9.17) is 14.9 Å². The number of anilines is 1. The summed E-state index contributed by atoms with van der Waals surface area (Å²) in [6, 6.07) is 1.42. The predicted molar refractivity (Wildman–Crippen MR) is 65.3 cm³/mol. The highest BCUT2D eigenvalue weighted by Crippen LogP contribution is 2.15. The van der Waals surface area contributed by atoms with Crippen LogP contribution in [0.15, 0.2) is 12.4 Å². The number of carbonyl (C=O) groups is 2. The van der Waals surface area contributed by atoms with E-state index in [1.165, 1.54) is 12.4 Å². The summed E-state index contributed by atoms with van der Waals surface area (Å²) in [6.45, 7) is 1.48. The summed E-state index contributed by atoms with van der Waals surface area (Å²) in [6.07, 6.45) is 2.00. The summed E-state index contributed by atoms with van der Waals surface area (Å²) in [5.41, 5.74) is 0. The van der Waals surface area contributed by atoms with E-state index in [2.05, 4.69) is 9.97 Å². The molecule has 0 amide bonds. The maximum absolute atomic E-state index is 10.7. The predicted octanol–water partition coefficient (Wildman–Crippen LogP) is 0.241. The molecule has 0 saturated heterocycles. The van der Waals surface area contributed by atoms with Gasteiger partial charge in [-0.3, -0.25) is 9.59 Å². The van der Waals surface area contributed by atoms with Crippen LogP contribution in [0.3, 0.4) is 0 Å². The molecule has 0 radical (unpaired) electrons. The monoisotopic (exact) mass is 269 g/mol. The summed E-state index contributed by atoms with van der Waals surface area (Å²) in [4.78, 5) is 30.3. The number of ether oxygens (including phenoxy) is 1. The molecule has 1 rings (SSSR count). The Labute approximate surface area is 109 Å². The van der Waals surface area contributed by atoms with Crippen molar-refractivity contribution in [3.8, 4) is 5.88 Å². The van der Waals surface area contributed by atoms with Gasteiger partial charge in [0.2, 0.25) is 5.88 Å². The van der Waals surface area contributed by atoms with E-state index in [0.29, 0.717) is 6.61 Å². The SMILES string of the molecule is CCCOc1cc(N(CC(=O)O)CC(=O)O)ncn1. The molecule has 0 aliphatic carbocycles. The molecular formula is C11H15N3O5. The van der Waals surface area contributed by atoms with Gasteiger partial charge in [-0.2, -0.15) is 0 Å². The lowest BCUT2D eigenvalue weighted by atomic mass is 10.4. The van der Waals surface area contributed by atoms with Crippen LogP contribution in [0.1, 0.15) is 13.3 Å². The van der Waals surface area contributed by atoms with Crippen LogP contribution in [-0.2, 0) is 9.59 Å². The van der Waals surface area contributed by atoms with Gasteiger partial charge in [-0.05, 0) is 6.42 Å². The van der Waals surface area contributed by atoms with Crippen LogP contribution in [0.25, 0.3) is 0 Å². The van der Waals surface area contributed by atoms with Crippen molar-refractivity contribution >= 4 is 17.8 Å². The Kier molecular flexibility index (Phi) is 5.52. The van der Waals surface area contributed by atoms with Gasteiger partial charge in [0, 0.05) is 6.07 Å². The molecule has 0 saturated carbocycles. The first-order valence-corrected chi connectivity index (χ1v) is 5.66. The molecule has 8 nitrogen and oxygen atoms in total. The molecule has 8 heteroatoms. The molecule has 1 aromatic heterocycles. The molecule has 0 bridgehead atoms. The van der Waals surface area contributed by atoms with Crippen molar-refractivity contribution in [2.24, 2.45) is 0 Å². The van der Waals surface area contributed by atoms with Crippen molar-refractivity contribution in [3.63, 3.8) is 0 Å². The average molecular weight is 269 g/mol. The number of aliphatic carboxylic acids is 2. The minimum Gasteiger partial charge on any atom is -0.480 e. The van der Waals surface area contributed by atoms with Crippen LogP contribution in [0, 0.1) is 0 Å². The Morgan fingerprint density at radius 1 is 1.26 bits per heavy atom. The van der Waals surface area contributed by atoms with Crippen LogP contribution in [0.5, 0.6) is 5.88 Å². The van der Waals surface area contributed by atoms with Gasteiger partial charge in [0.05, 0.1) is 6.61 Å². The molecule has 0 aromatic carbocycles. The highest BCUT2D eigenvalue weighted by Gasteiger charge is 2.16. The molecule has 0 unspecified atom stereocenters. The quantitative estimate of drug-likeness (QED) is 0.690. The standard InChI is InChI=1S/C11H15N3O5/c1-2-3-19-9-4-8(12-7-13-9)14(5-10(15)16)6-11(17)18/h4,7H,2-3,5-6H2,1H3,(H,15,16)(H,17,18). The van der Waals surface area contributed by atoms with Crippen LogP contribution < -0.4 is 9.64 Å². The van der Waals surface area contributed by atoms with Gasteiger partial charge in [-0.25, -0.2) is 9.97 Å². The maximum Gasteiger partial charge on any atom is 0.323 e. The minimum absolute atomic E-state index is 0.200.